The maximum absolute atomic E-state index is 12.1. The summed E-state index contributed by atoms with van der Waals surface area (Å²) in [4.78, 5) is 12.1. The summed E-state index contributed by atoms with van der Waals surface area (Å²) in [5.74, 6) is 0.588. The molecule has 0 unspecified atom stereocenters. The van der Waals surface area contributed by atoms with Crippen molar-refractivity contribution in [3.63, 3.8) is 0 Å². The van der Waals surface area contributed by atoms with Gasteiger partial charge in [0.1, 0.15) is 5.75 Å². The van der Waals surface area contributed by atoms with Gasteiger partial charge in [0.15, 0.2) is 0 Å². The molecule has 0 aliphatic rings. The Balaban J connectivity index is 1.80. The first-order valence-corrected chi connectivity index (χ1v) is 9.55. The van der Waals surface area contributed by atoms with Gasteiger partial charge in [0.2, 0.25) is 5.91 Å². The van der Waals surface area contributed by atoms with Crippen LogP contribution in [0.15, 0.2) is 42.5 Å². The van der Waals surface area contributed by atoms with Crippen molar-refractivity contribution in [1.29, 1.82) is 0 Å². The van der Waals surface area contributed by atoms with Gasteiger partial charge in [-0.3, -0.25) is 4.79 Å². The van der Waals surface area contributed by atoms with Gasteiger partial charge in [0.25, 0.3) is 0 Å². The molecular formula is C20H24Cl2N2O2. The van der Waals surface area contributed by atoms with Crippen molar-refractivity contribution in [3.05, 3.63) is 52.5 Å². The average Bonchev–Trinajstić information content (AvgIpc) is 2.63. The molecule has 0 radical (unpaired) electrons. The van der Waals surface area contributed by atoms with Crippen LogP contribution in [0.2, 0.25) is 10.0 Å². The molecule has 0 spiro atoms. The zero-order valence-corrected chi connectivity index (χ0v) is 16.4. The van der Waals surface area contributed by atoms with Gasteiger partial charge in [-0.1, -0.05) is 55.5 Å². The van der Waals surface area contributed by atoms with Gasteiger partial charge in [0.05, 0.1) is 23.9 Å². The van der Waals surface area contributed by atoms with E-state index in [1.165, 1.54) is 19.3 Å². The van der Waals surface area contributed by atoms with Gasteiger partial charge in [-0.15, -0.1) is 0 Å². The lowest BCUT2D eigenvalue weighted by Crippen LogP contribution is -2.21. The van der Waals surface area contributed by atoms with Gasteiger partial charge in [-0.05, 0) is 36.8 Å². The third-order valence-electron chi connectivity index (χ3n) is 3.76. The number of carbonyl (C=O) groups is 1. The SMILES string of the molecule is CCCCCCOc1cccc(NCC(=O)Nc2cc(Cl)ccc2Cl)c1. The van der Waals surface area contributed by atoms with Gasteiger partial charge in [-0.25, -0.2) is 0 Å². The molecule has 0 heterocycles. The highest BCUT2D eigenvalue weighted by Gasteiger charge is 2.07. The first kappa shape index (κ1) is 20.4. The molecule has 0 aromatic heterocycles. The number of anilines is 2. The Morgan fingerprint density at radius 3 is 2.73 bits per heavy atom. The number of amides is 1. The van der Waals surface area contributed by atoms with E-state index in [0.29, 0.717) is 22.3 Å². The van der Waals surface area contributed by atoms with E-state index in [-0.39, 0.29) is 12.5 Å². The molecule has 2 aromatic rings. The lowest BCUT2D eigenvalue weighted by molar-refractivity contribution is -0.114. The molecule has 2 rings (SSSR count). The molecule has 1 amide bonds. The number of nitrogens with one attached hydrogen (secondary N) is 2. The van der Waals surface area contributed by atoms with Crippen molar-refractivity contribution in [2.45, 2.75) is 32.6 Å². The molecule has 2 N–H and O–H groups in total. The zero-order valence-electron chi connectivity index (χ0n) is 14.9. The highest BCUT2D eigenvalue weighted by Crippen LogP contribution is 2.25. The Labute approximate surface area is 164 Å². The number of halogens is 2. The smallest absolute Gasteiger partial charge is 0.243 e. The van der Waals surface area contributed by atoms with Crippen LogP contribution in [0.4, 0.5) is 11.4 Å². The first-order chi connectivity index (χ1) is 12.6. The monoisotopic (exact) mass is 394 g/mol. The first-order valence-electron chi connectivity index (χ1n) is 8.80. The summed E-state index contributed by atoms with van der Waals surface area (Å²) in [5, 5.41) is 6.78. The molecular weight excluding hydrogens is 371 g/mol. The molecule has 0 aliphatic heterocycles. The fraction of sp³-hybridized carbons (Fsp3) is 0.350. The zero-order chi connectivity index (χ0) is 18.8. The van der Waals surface area contributed by atoms with E-state index in [9.17, 15) is 4.79 Å². The molecule has 0 bridgehead atoms. The summed E-state index contributed by atoms with van der Waals surface area (Å²) in [6, 6.07) is 12.5. The van der Waals surface area contributed by atoms with Crippen molar-refractivity contribution in [2.75, 3.05) is 23.8 Å². The highest BCUT2D eigenvalue weighted by molar-refractivity contribution is 6.35. The van der Waals surface area contributed by atoms with E-state index in [2.05, 4.69) is 17.6 Å². The minimum atomic E-state index is -0.208. The molecule has 140 valence electrons. The number of rotatable bonds is 10. The summed E-state index contributed by atoms with van der Waals surface area (Å²) in [6.07, 6.45) is 4.67. The number of ether oxygens (including phenoxy) is 1. The lowest BCUT2D eigenvalue weighted by atomic mass is 10.2. The molecule has 0 aliphatic carbocycles. The van der Waals surface area contributed by atoms with Crippen LogP contribution in [0.5, 0.6) is 5.75 Å². The summed E-state index contributed by atoms with van der Waals surface area (Å²) in [6.45, 7) is 3.01. The molecule has 26 heavy (non-hydrogen) atoms. The second-order valence-electron chi connectivity index (χ2n) is 5.96. The normalized spacial score (nSPS) is 10.4. The fourth-order valence-corrected chi connectivity index (χ4v) is 2.72. The molecule has 0 saturated heterocycles. The van der Waals surface area contributed by atoms with Crippen LogP contribution in [0.25, 0.3) is 0 Å². The number of carbonyl (C=O) groups excluding carboxylic acids is 1. The summed E-state index contributed by atoms with van der Waals surface area (Å²) in [5.41, 5.74) is 1.32. The van der Waals surface area contributed by atoms with Crippen LogP contribution in [-0.2, 0) is 4.79 Å². The van der Waals surface area contributed by atoms with Crippen LogP contribution in [0, 0.1) is 0 Å². The van der Waals surface area contributed by atoms with Crippen LogP contribution < -0.4 is 15.4 Å². The number of hydrogen-bond acceptors (Lipinski definition) is 3. The highest BCUT2D eigenvalue weighted by atomic mass is 35.5. The third kappa shape index (κ3) is 7.14. The van der Waals surface area contributed by atoms with E-state index in [1.807, 2.05) is 24.3 Å². The van der Waals surface area contributed by atoms with E-state index >= 15 is 0 Å². The standard InChI is InChI=1S/C20H24Cl2N2O2/c1-2-3-4-5-11-26-17-8-6-7-16(13-17)23-14-20(25)24-19-12-15(21)9-10-18(19)22/h6-10,12-13,23H,2-5,11,14H2,1H3,(H,24,25). The summed E-state index contributed by atoms with van der Waals surface area (Å²) in [7, 11) is 0. The second kappa shape index (κ2) is 10.9. The van der Waals surface area contributed by atoms with Crippen molar-refractivity contribution in [1.82, 2.24) is 0 Å². The number of benzene rings is 2. The minimum Gasteiger partial charge on any atom is -0.494 e. The summed E-state index contributed by atoms with van der Waals surface area (Å²) >= 11 is 12.0. The van der Waals surface area contributed by atoms with E-state index in [1.54, 1.807) is 18.2 Å². The molecule has 4 nitrogen and oxygen atoms in total. The number of unbranched alkanes of at least 4 members (excludes halogenated alkanes) is 3. The Morgan fingerprint density at radius 1 is 1.08 bits per heavy atom. The Hall–Kier alpha value is -1.91. The summed E-state index contributed by atoms with van der Waals surface area (Å²) < 4.78 is 5.75. The van der Waals surface area contributed by atoms with Crippen molar-refractivity contribution in [3.8, 4) is 5.75 Å². The third-order valence-corrected chi connectivity index (χ3v) is 4.32. The lowest BCUT2D eigenvalue weighted by Gasteiger charge is -2.11. The topological polar surface area (TPSA) is 50.4 Å². The van der Waals surface area contributed by atoms with Gasteiger partial charge < -0.3 is 15.4 Å². The predicted molar refractivity (Wildman–Crippen MR) is 110 cm³/mol. The average molecular weight is 395 g/mol. The van der Waals surface area contributed by atoms with Crippen molar-refractivity contribution in [2.24, 2.45) is 0 Å². The van der Waals surface area contributed by atoms with Gasteiger partial charge in [-0.2, -0.15) is 0 Å². The van der Waals surface area contributed by atoms with Crippen LogP contribution in [0.1, 0.15) is 32.6 Å². The largest absolute Gasteiger partial charge is 0.494 e. The Kier molecular flexibility index (Phi) is 8.59. The maximum atomic E-state index is 12.1. The maximum Gasteiger partial charge on any atom is 0.243 e. The molecule has 0 saturated carbocycles. The predicted octanol–water partition coefficient (Wildman–Crippen LogP) is 6.00. The molecule has 2 aromatic carbocycles. The van der Waals surface area contributed by atoms with Gasteiger partial charge >= 0.3 is 0 Å². The van der Waals surface area contributed by atoms with Crippen molar-refractivity contribution < 1.29 is 9.53 Å². The van der Waals surface area contributed by atoms with Crippen LogP contribution >= 0.6 is 23.2 Å². The number of hydrogen-bond donors (Lipinski definition) is 2. The minimum absolute atomic E-state index is 0.114. The van der Waals surface area contributed by atoms with Crippen LogP contribution in [0.3, 0.4) is 0 Å². The van der Waals surface area contributed by atoms with Crippen LogP contribution in [-0.4, -0.2) is 19.1 Å². The quantitative estimate of drug-likeness (QED) is 0.485. The molecule has 0 atom stereocenters. The Morgan fingerprint density at radius 2 is 1.92 bits per heavy atom. The fourth-order valence-electron chi connectivity index (χ4n) is 2.38. The van der Waals surface area contributed by atoms with Gasteiger partial charge in [0, 0.05) is 16.8 Å². The Bertz CT molecular complexity index is 723. The van der Waals surface area contributed by atoms with Crippen molar-refractivity contribution >= 4 is 40.5 Å². The van der Waals surface area contributed by atoms with E-state index in [0.717, 1.165) is 17.9 Å². The molecule has 0 fully saturated rings. The van der Waals surface area contributed by atoms with E-state index in [4.69, 9.17) is 27.9 Å². The second-order valence-corrected chi connectivity index (χ2v) is 6.81. The molecule has 6 heteroatoms. The van der Waals surface area contributed by atoms with E-state index < -0.39 is 0 Å².